The number of carbonyl (C=O) groups excluding carboxylic acids is 2. The fourth-order valence-corrected chi connectivity index (χ4v) is 2.91. The Bertz CT molecular complexity index is 936. The van der Waals surface area contributed by atoms with Crippen LogP contribution in [0.5, 0.6) is 0 Å². The molecule has 2 heterocycles. The Morgan fingerprint density at radius 1 is 1.00 bits per heavy atom. The number of aromatic nitrogens is 2. The first-order valence-corrected chi connectivity index (χ1v) is 9.33. The van der Waals surface area contributed by atoms with Crippen LogP contribution < -0.4 is 4.90 Å². The third-order valence-corrected chi connectivity index (χ3v) is 4.68. The van der Waals surface area contributed by atoms with E-state index < -0.39 is 0 Å². The van der Waals surface area contributed by atoms with Crippen LogP contribution in [-0.2, 0) is 11.2 Å². The summed E-state index contributed by atoms with van der Waals surface area (Å²) in [6.07, 6.45) is 6.79. The molecule has 1 aromatic carbocycles. The minimum absolute atomic E-state index is 0.0451. The van der Waals surface area contributed by atoms with Gasteiger partial charge in [-0.1, -0.05) is 37.3 Å². The van der Waals surface area contributed by atoms with Crippen LogP contribution in [0, 0.1) is 0 Å². The van der Waals surface area contributed by atoms with E-state index in [-0.39, 0.29) is 11.7 Å². The maximum Gasteiger partial charge on any atom is 0.226 e. The molecular formula is C23H23N3O2. The number of aryl methyl sites for hydroxylation is 1. The largest absolute Gasteiger partial charge is 0.314 e. The normalized spacial score (nSPS) is 10.5. The lowest BCUT2D eigenvalue weighted by Crippen LogP contribution is -2.25. The second-order valence-electron chi connectivity index (χ2n) is 6.57. The molecule has 0 atom stereocenters. The molecule has 28 heavy (non-hydrogen) atoms. The molecule has 3 rings (SSSR count). The molecule has 2 aromatic heterocycles. The van der Waals surface area contributed by atoms with Crippen LogP contribution in [0.1, 0.15) is 35.7 Å². The summed E-state index contributed by atoms with van der Waals surface area (Å²) in [5.41, 5.74) is 4.24. The maximum atomic E-state index is 12.4. The summed E-state index contributed by atoms with van der Waals surface area (Å²) < 4.78 is 0. The van der Waals surface area contributed by atoms with Gasteiger partial charge in [0, 0.05) is 43.4 Å². The topological polar surface area (TPSA) is 63.2 Å². The van der Waals surface area contributed by atoms with Crippen molar-refractivity contribution < 1.29 is 9.59 Å². The Balaban J connectivity index is 1.65. The van der Waals surface area contributed by atoms with E-state index in [1.54, 1.807) is 30.5 Å². The Hall–Kier alpha value is -3.34. The Morgan fingerprint density at radius 2 is 1.79 bits per heavy atom. The second kappa shape index (κ2) is 9.04. The monoisotopic (exact) mass is 373 g/mol. The number of hydrogen-bond donors (Lipinski definition) is 0. The van der Waals surface area contributed by atoms with Crippen molar-refractivity contribution >= 4 is 17.4 Å². The lowest BCUT2D eigenvalue weighted by Gasteiger charge is -2.16. The number of Topliss-reactive ketones (excluding diaryl/α,β-unsaturated/α-hetero) is 1. The van der Waals surface area contributed by atoms with Crippen LogP contribution in [0.25, 0.3) is 11.3 Å². The van der Waals surface area contributed by atoms with Gasteiger partial charge in [-0.15, -0.1) is 0 Å². The number of amides is 1. The number of pyridine rings is 2. The molecule has 0 saturated carbocycles. The summed E-state index contributed by atoms with van der Waals surface area (Å²) in [6, 6.07) is 15.1. The highest BCUT2D eigenvalue weighted by Crippen LogP contribution is 2.21. The van der Waals surface area contributed by atoms with E-state index in [4.69, 9.17) is 0 Å². The minimum Gasteiger partial charge on any atom is -0.314 e. The molecule has 0 aliphatic carbocycles. The molecule has 0 fully saturated rings. The Kier molecular flexibility index (Phi) is 6.27. The van der Waals surface area contributed by atoms with Crippen molar-refractivity contribution in [3.8, 4) is 11.3 Å². The predicted molar refractivity (Wildman–Crippen MR) is 110 cm³/mol. The summed E-state index contributed by atoms with van der Waals surface area (Å²) in [7, 11) is 1.74. The number of anilines is 1. The first-order valence-electron chi connectivity index (χ1n) is 9.33. The molecule has 142 valence electrons. The van der Waals surface area contributed by atoms with Crippen LogP contribution in [0.15, 0.2) is 67.1 Å². The van der Waals surface area contributed by atoms with Gasteiger partial charge in [0.1, 0.15) is 0 Å². The molecule has 3 aromatic rings. The van der Waals surface area contributed by atoms with Crippen molar-refractivity contribution in [2.24, 2.45) is 0 Å². The van der Waals surface area contributed by atoms with Gasteiger partial charge in [0.15, 0.2) is 5.78 Å². The third kappa shape index (κ3) is 4.68. The number of hydrogen-bond acceptors (Lipinski definition) is 4. The van der Waals surface area contributed by atoms with Gasteiger partial charge in [0.2, 0.25) is 5.91 Å². The predicted octanol–water partition coefficient (Wildman–Crippen LogP) is 4.33. The zero-order valence-corrected chi connectivity index (χ0v) is 16.1. The zero-order chi connectivity index (χ0) is 19.9. The molecule has 0 N–H and O–H groups in total. The van der Waals surface area contributed by atoms with Gasteiger partial charge in [0.05, 0.1) is 17.6 Å². The number of carbonyl (C=O) groups is 2. The summed E-state index contributed by atoms with van der Waals surface area (Å²) >= 11 is 0. The highest BCUT2D eigenvalue weighted by atomic mass is 16.2. The van der Waals surface area contributed by atoms with Gasteiger partial charge < -0.3 is 4.90 Å². The molecule has 0 aliphatic rings. The van der Waals surface area contributed by atoms with Crippen LogP contribution in [0.3, 0.4) is 0 Å². The van der Waals surface area contributed by atoms with E-state index in [0.29, 0.717) is 24.8 Å². The van der Waals surface area contributed by atoms with E-state index in [9.17, 15) is 9.59 Å². The molecule has 0 radical (unpaired) electrons. The van der Waals surface area contributed by atoms with Gasteiger partial charge in [-0.25, -0.2) is 0 Å². The van der Waals surface area contributed by atoms with E-state index in [0.717, 1.165) is 22.5 Å². The fraction of sp³-hybridized carbons (Fsp3) is 0.217. The Morgan fingerprint density at radius 3 is 2.39 bits per heavy atom. The van der Waals surface area contributed by atoms with Gasteiger partial charge in [0.25, 0.3) is 0 Å². The highest BCUT2D eigenvalue weighted by Gasteiger charge is 2.10. The van der Waals surface area contributed by atoms with Crippen molar-refractivity contribution in [2.75, 3.05) is 11.9 Å². The van der Waals surface area contributed by atoms with Crippen LogP contribution in [0.4, 0.5) is 5.69 Å². The fourth-order valence-electron chi connectivity index (χ4n) is 2.91. The molecule has 1 amide bonds. The quantitative estimate of drug-likeness (QED) is 0.578. The van der Waals surface area contributed by atoms with E-state index in [2.05, 4.69) is 9.97 Å². The zero-order valence-electron chi connectivity index (χ0n) is 16.1. The standard InChI is InChI=1S/C23H23N3O2/c1-3-23(28)26(2)20-11-12-21(25-16-20)18-7-9-19(10-8-18)22(27)13-6-17-5-4-14-24-15-17/h4-5,7-12,14-16H,3,6,13H2,1-2H3. The van der Waals surface area contributed by atoms with Gasteiger partial charge >= 0.3 is 0 Å². The van der Waals surface area contributed by atoms with Crippen molar-refractivity contribution in [3.05, 3.63) is 78.2 Å². The van der Waals surface area contributed by atoms with Crippen molar-refractivity contribution in [2.45, 2.75) is 26.2 Å². The molecule has 5 nitrogen and oxygen atoms in total. The Labute approximate surface area is 165 Å². The lowest BCUT2D eigenvalue weighted by molar-refractivity contribution is -0.118. The smallest absolute Gasteiger partial charge is 0.226 e. The van der Waals surface area contributed by atoms with Gasteiger partial charge in [-0.2, -0.15) is 0 Å². The summed E-state index contributed by atoms with van der Waals surface area (Å²) in [5, 5.41) is 0. The van der Waals surface area contributed by atoms with Crippen molar-refractivity contribution in [3.63, 3.8) is 0 Å². The van der Waals surface area contributed by atoms with E-state index in [1.807, 2.05) is 55.5 Å². The molecule has 0 spiro atoms. The molecular weight excluding hydrogens is 350 g/mol. The molecule has 0 unspecified atom stereocenters. The third-order valence-electron chi connectivity index (χ3n) is 4.68. The molecule has 0 bridgehead atoms. The number of nitrogens with zero attached hydrogens (tertiary/aromatic N) is 3. The average molecular weight is 373 g/mol. The lowest BCUT2D eigenvalue weighted by atomic mass is 10.0. The molecule has 0 saturated heterocycles. The van der Waals surface area contributed by atoms with Crippen molar-refractivity contribution in [1.82, 2.24) is 9.97 Å². The van der Waals surface area contributed by atoms with E-state index in [1.165, 1.54) is 0 Å². The van der Waals surface area contributed by atoms with E-state index >= 15 is 0 Å². The van der Waals surface area contributed by atoms with Gasteiger partial charge in [-0.3, -0.25) is 19.6 Å². The number of benzene rings is 1. The number of ketones is 1. The maximum absolute atomic E-state index is 12.4. The average Bonchev–Trinajstić information content (AvgIpc) is 2.77. The highest BCUT2D eigenvalue weighted by molar-refractivity contribution is 5.96. The first-order chi connectivity index (χ1) is 13.6. The van der Waals surface area contributed by atoms with Crippen LogP contribution in [0.2, 0.25) is 0 Å². The first kappa shape index (κ1) is 19.4. The summed E-state index contributed by atoms with van der Waals surface area (Å²) in [4.78, 5) is 34.3. The van der Waals surface area contributed by atoms with Gasteiger partial charge in [-0.05, 0) is 30.2 Å². The second-order valence-corrected chi connectivity index (χ2v) is 6.57. The van der Waals surface area contributed by atoms with Crippen LogP contribution >= 0.6 is 0 Å². The molecule has 5 heteroatoms. The molecule has 0 aliphatic heterocycles. The summed E-state index contributed by atoms with van der Waals surface area (Å²) in [6.45, 7) is 1.83. The summed E-state index contributed by atoms with van der Waals surface area (Å²) in [5.74, 6) is 0.155. The minimum atomic E-state index is 0.0451. The van der Waals surface area contributed by atoms with Crippen LogP contribution in [-0.4, -0.2) is 28.7 Å². The number of rotatable bonds is 7. The van der Waals surface area contributed by atoms with Crippen molar-refractivity contribution in [1.29, 1.82) is 0 Å². The SMILES string of the molecule is CCC(=O)N(C)c1ccc(-c2ccc(C(=O)CCc3cccnc3)cc2)nc1.